The van der Waals surface area contributed by atoms with Crippen molar-refractivity contribution < 1.29 is 14.3 Å². The van der Waals surface area contributed by atoms with Crippen LogP contribution < -0.4 is 5.32 Å². The first-order valence-electron chi connectivity index (χ1n) is 7.30. The van der Waals surface area contributed by atoms with Crippen LogP contribution in [-0.4, -0.2) is 73.6 Å². The molecule has 1 N–H and O–H groups in total. The first kappa shape index (κ1) is 18.2. The molecule has 1 atom stereocenters. The van der Waals surface area contributed by atoms with Crippen LogP contribution in [0.2, 0.25) is 0 Å². The Hall–Kier alpha value is -0.850. The van der Waals surface area contributed by atoms with Crippen LogP contribution in [0.15, 0.2) is 0 Å². The smallest absolute Gasteiger partial charge is 0.253 e. The molecule has 0 radical (unpaired) electrons. The Morgan fingerprint density at radius 1 is 1.10 bits per heavy atom. The minimum Gasteiger partial charge on any atom is -0.366 e. The Balaban J connectivity index is 0.00000220. The summed E-state index contributed by atoms with van der Waals surface area (Å²) in [6.45, 7) is 10.2. The van der Waals surface area contributed by atoms with Crippen LogP contribution in [0.1, 0.15) is 20.8 Å². The lowest BCUT2D eigenvalue weighted by molar-refractivity contribution is -0.151. The molecule has 2 rings (SSSR count). The fourth-order valence-electron chi connectivity index (χ4n) is 2.53. The van der Waals surface area contributed by atoms with Crippen LogP contribution in [0.5, 0.6) is 0 Å². The lowest BCUT2D eigenvalue weighted by Crippen LogP contribution is -2.57. The van der Waals surface area contributed by atoms with E-state index >= 15 is 0 Å². The molecule has 0 bridgehead atoms. The van der Waals surface area contributed by atoms with Crippen molar-refractivity contribution in [3.63, 3.8) is 0 Å². The Morgan fingerprint density at radius 2 is 1.67 bits per heavy atom. The van der Waals surface area contributed by atoms with Crippen LogP contribution in [0.4, 0.5) is 0 Å². The molecule has 0 aromatic heterocycles. The van der Waals surface area contributed by atoms with Crippen molar-refractivity contribution in [1.29, 1.82) is 0 Å². The number of carbonyl (C=O) groups excluding carboxylic acids is 2. The van der Waals surface area contributed by atoms with Crippen molar-refractivity contribution >= 4 is 24.2 Å². The second kappa shape index (κ2) is 7.42. The largest absolute Gasteiger partial charge is 0.366 e. The minimum absolute atomic E-state index is 0. The maximum atomic E-state index is 12.3. The number of halogens is 1. The molecule has 122 valence electrons. The molecule has 2 saturated heterocycles. The maximum absolute atomic E-state index is 12.3. The topological polar surface area (TPSA) is 61.9 Å². The van der Waals surface area contributed by atoms with E-state index in [2.05, 4.69) is 5.32 Å². The summed E-state index contributed by atoms with van der Waals surface area (Å²) in [5.41, 5.74) is -0.359. The molecule has 0 saturated carbocycles. The summed E-state index contributed by atoms with van der Waals surface area (Å²) in [6, 6.07) is 0. The summed E-state index contributed by atoms with van der Waals surface area (Å²) >= 11 is 0. The van der Waals surface area contributed by atoms with Gasteiger partial charge in [0.1, 0.15) is 6.10 Å². The average Bonchev–Trinajstić information content (AvgIpc) is 2.46. The van der Waals surface area contributed by atoms with Gasteiger partial charge in [0, 0.05) is 44.7 Å². The highest BCUT2D eigenvalue weighted by Gasteiger charge is 2.33. The average molecular weight is 320 g/mol. The number of nitrogens with one attached hydrogen (secondary N) is 1. The molecule has 0 aliphatic carbocycles. The zero-order chi connectivity index (χ0) is 14.8. The van der Waals surface area contributed by atoms with Crippen LogP contribution in [-0.2, 0) is 14.3 Å². The molecule has 2 amide bonds. The Labute approximate surface area is 132 Å². The molecule has 0 aromatic rings. The molecule has 0 spiro atoms. The monoisotopic (exact) mass is 319 g/mol. The van der Waals surface area contributed by atoms with Crippen molar-refractivity contribution in [2.24, 2.45) is 5.41 Å². The van der Waals surface area contributed by atoms with Crippen molar-refractivity contribution in [2.75, 3.05) is 45.9 Å². The number of amides is 2. The molecule has 2 heterocycles. The number of morpholine rings is 1. The molecule has 2 fully saturated rings. The van der Waals surface area contributed by atoms with Crippen molar-refractivity contribution in [2.45, 2.75) is 26.9 Å². The summed E-state index contributed by atoms with van der Waals surface area (Å²) in [7, 11) is 0. The van der Waals surface area contributed by atoms with Gasteiger partial charge in [-0.3, -0.25) is 9.59 Å². The third-order valence-corrected chi connectivity index (χ3v) is 3.72. The van der Waals surface area contributed by atoms with Gasteiger partial charge >= 0.3 is 0 Å². The quantitative estimate of drug-likeness (QED) is 0.745. The lowest BCUT2D eigenvalue weighted by atomic mass is 9.94. The number of hydrogen-bond acceptors (Lipinski definition) is 4. The molecule has 2 aliphatic rings. The predicted molar refractivity (Wildman–Crippen MR) is 82.5 cm³/mol. The fraction of sp³-hybridized carbons (Fsp3) is 0.857. The summed E-state index contributed by atoms with van der Waals surface area (Å²) in [6.07, 6.45) is -0.367. The number of piperazine rings is 1. The molecule has 6 nitrogen and oxygen atoms in total. The van der Waals surface area contributed by atoms with Gasteiger partial charge < -0.3 is 19.9 Å². The fourth-order valence-corrected chi connectivity index (χ4v) is 2.53. The van der Waals surface area contributed by atoms with Crippen LogP contribution in [0.25, 0.3) is 0 Å². The molecule has 7 heteroatoms. The van der Waals surface area contributed by atoms with E-state index in [1.807, 2.05) is 30.6 Å². The maximum Gasteiger partial charge on any atom is 0.253 e. The summed E-state index contributed by atoms with van der Waals surface area (Å²) in [5, 5.41) is 3.16. The van der Waals surface area contributed by atoms with E-state index in [1.54, 1.807) is 0 Å². The minimum atomic E-state index is -0.367. The van der Waals surface area contributed by atoms with Crippen LogP contribution in [0, 0.1) is 5.41 Å². The third-order valence-electron chi connectivity index (χ3n) is 3.72. The first-order valence-corrected chi connectivity index (χ1v) is 7.30. The highest BCUT2D eigenvalue weighted by molar-refractivity contribution is 5.85. The van der Waals surface area contributed by atoms with E-state index in [0.29, 0.717) is 39.3 Å². The Morgan fingerprint density at radius 3 is 2.14 bits per heavy atom. The zero-order valence-electron chi connectivity index (χ0n) is 13.1. The number of nitrogens with zero attached hydrogens (tertiary/aromatic N) is 2. The second-order valence-electron chi connectivity index (χ2n) is 6.43. The predicted octanol–water partition coefficient (Wildman–Crippen LogP) is 0.114. The Kier molecular flexibility index (Phi) is 6.43. The van der Waals surface area contributed by atoms with Crippen molar-refractivity contribution in [3.8, 4) is 0 Å². The number of carbonyl (C=O) groups is 2. The van der Waals surface area contributed by atoms with Gasteiger partial charge in [0.2, 0.25) is 5.91 Å². The summed E-state index contributed by atoms with van der Waals surface area (Å²) < 4.78 is 5.49. The van der Waals surface area contributed by atoms with Gasteiger partial charge in [-0.2, -0.15) is 0 Å². The molecule has 2 aliphatic heterocycles. The van der Waals surface area contributed by atoms with Gasteiger partial charge in [-0.05, 0) is 0 Å². The number of hydrogen-bond donors (Lipinski definition) is 1. The van der Waals surface area contributed by atoms with Gasteiger partial charge in [0.25, 0.3) is 5.91 Å². The van der Waals surface area contributed by atoms with E-state index in [0.717, 1.165) is 6.54 Å². The normalized spacial score (nSPS) is 23.5. The highest BCUT2D eigenvalue weighted by atomic mass is 35.5. The molecular weight excluding hydrogens is 294 g/mol. The van der Waals surface area contributed by atoms with Crippen molar-refractivity contribution in [1.82, 2.24) is 15.1 Å². The van der Waals surface area contributed by atoms with E-state index in [4.69, 9.17) is 4.74 Å². The standard InChI is InChI=1S/C14H25N3O3.ClH/c1-14(2,3)13(19)17-7-5-16(6-8-17)12(18)11-10-15-4-9-20-11;/h11,15H,4-10H2,1-3H3;1H. The van der Waals surface area contributed by atoms with Crippen LogP contribution in [0.3, 0.4) is 0 Å². The lowest BCUT2D eigenvalue weighted by Gasteiger charge is -2.39. The van der Waals surface area contributed by atoms with Gasteiger partial charge in [-0.1, -0.05) is 20.8 Å². The van der Waals surface area contributed by atoms with Gasteiger partial charge in [0.15, 0.2) is 0 Å². The molecule has 0 aromatic carbocycles. The van der Waals surface area contributed by atoms with E-state index in [-0.39, 0.29) is 35.7 Å². The summed E-state index contributed by atoms with van der Waals surface area (Å²) in [4.78, 5) is 28.1. The van der Waals surface area contributed by atoms with E-state index < -0.39 is 0 Å². The summed E-state index contributed by atoms with van der Waals surface area (Å²) in [5.74, 6) is 0.195. The molecule has 21 heavy (non-hydrogen) atoms. The SMILES string of the molecule is CC(C)(C)C(=O)N1CCN(C(=O)C2CNCCO2)CC1.Cl. The van der Waals surface area contributed by atoms with E-state index in [9.17, 15) is 9.59 Å². The molecular formula is C14H26ClN3O3. The Bertz CT molecular complexity index is 370. The third kappa shape index (κ3) is 4.56. The molecule has 1 unspecified atom stereocenters. The van der Waals surface area contributed by atoms with Gasteiger partial charge in [0.05, 0.1) is 6.61 Å². The van der Waals surface area contributed by atoms with Gasteiger partial charge in [-0.25, -0.2) is 0 Å². The van der Waals surface area contributed by atoms with Crippen molar-refractivity contribution in [3.05, 3.63) is 0 Å². The highest BCUT2D eigenvalue weighted by Crippen LogP contribution is 2.19. The van der Waals surface area contributed by atoms with Crippen LogP contribution >= 0.6 is 12.4 Å². The first-order chi connectivity index (χ1) is 9.39. The zero-order valence-corrected chi connectivity index (χ0v) is 13.9. The second-order valence-corrected chi connectivity index (χ2v) is 6.43. The van der Waals surface area contributed by atoms with E-state index in [1.165, 1.54) is 0 Å². The van der Waals surface area contributed by atoms with Gasteiger partial charge in [-0.15, -0.1) is 12.4 Å². The number of ether oxygens (including phenoxy) is 1. The number of rotatable bonds is 1.